The number of carbonyl (C=O) groups excluding carboxylic acids is 1. The van der Waals surface area contributed by atoms with E-state index in [4.69, 9.17) is 0 Å². The molecule has 6 heteroatoms. The Kier molecular flexibility index (Phi) is 7.80. The lowest BCUT2D eigenvalue weighted by Gasteiger charge is -2.13. The van der Waals surface area contributed by atoms with Crippen molar-refractivity contribution in [2.24, 2.45) is 0 Å². The zero-order valence-corrected chi connectivity index (χ0v) is 20.7. The molecule has 0 aliphatic carbocycles. The third-order valence-electron chi connectivity index (χ3n) is 5.93. The molecule has 0 aliphatic heterocycles. The highest BCUT2D eigenvalue weighted by molar-refractivity contribution is 7.99. The molecule has 0 saturated heterocycles. The zero-order chi connectivity index (χ0) is 23.9. The predicted molar refractivity (Wildman–Crippen MR) is 140 cm³/mol. The van der Waals surface area contributed by atoms with Crippen LogP contribution in [0.15, 0.2) is 78.0 Å². The van der Waals surface area contributed by atoms with Gasteiger partial charge in [-0.15, -0.1) is 10.2 Å². The molecule has 0 spiro atoms. The molecular weight excluding hydrogens is 440 g/mol. The van der Waals surface area contributed by atoms with Crippen molar-refractivity contribution in [3.8, 4) is 5.69 Å². The van der Waals surface area contributed by atoms with Gasteiger partial charge in [-0.05, 0) is 67.1 Å². The van der Waals surface area contributed by atoms with Crippen molar-refractivity contribution < 1.29 is 4.79 Å². The Balaban J connectivity index is 1.54. The predicted octanol–water partition coefficient (Wildman–Crippen LogP) is 5.96. The Bertz CT molecular complexity index is 1270. The number of nitrogens with zero attached hydrogens (tertiary/aromatic N) is 3. The first-order valence-electron chi connectivity index (χ1n) is 11.6. The van der Waals surface area contributed by atoms with Crippen LogP contribution in [0.2, 0.25) is 0 Å². The first-order valence-corrected chi connectivity index (χ1v) is 12.6. The molecule has 4 aromatic rings. The summed E-state index contributed by atoms with van der Waals surface area (Å²) in [5, 5.41) is 12.7. The van der Waals surface area contributed by atoms with Gasteiger partial charge in [0.1, 0.15) is 5.82 Å². The smallest absolute Gasteiger partial charge is 0.234 e. The van der Waals surface area contributed by atoms with E-state index in [0.717, 1.165) is 47.2 Å². The topological polar surface area (TPSA) is 59.8 Å². The van der Waals surface area contributed by atoms with Crippen LogP contribution in [0.25, 0.3) is 5.69 Å². The van der Waals surface area contributed by atoms with Crippen molar-refractivity contribution in [1.82, 2.24) is 14.8 Å². The highest BCUT2D eigenvalue weighted by Gasteiger charge is 2.17. The molecule has 0 bridgehead atoms. The maximum absolute atomic E-state index is 12.7. The molecule has 5 nitrogen and oxygen atoms in total. The van der Waals surface area contributed by atoms with Crippen LogP contribution in [0, 0.1) is 13.8 Å². The first-order chi connectivity index (χ1) is 16.5. The summed E-state index contributed by atoms with van der Waals surface area (Å²) in [6, 6.07) is 24.7. The van der Waals surface area contributed by atoms with Gasteiger partial charge in [-0.1, -0.05) is 73.3 Å². The molecule has 1 amide bonds. The Hall–Kier alpha value is -3.38. The van der Waals surface area contributed by atoms with E-state index in [1.807, 2.05) is 30.3 Å². The number of nitrogens with one attached hydrogen (secondary N) is 1. The monoisotopic (exact) mass is 470 g/mol. The van der Waals surface area contributed by atoms with Crippen LogP contribution in [-0.2, 0) is 24.1 Å². The van der Waals surface area contributed by atoms with Gasteiger partial charge >= 0.3 is 0 Å². The van der Waals surface area contributed by atoms with Gasteiger partial charge in [-0.25, -0.2) is 0 Å². The Morgan fingerprint density at radius 1 is 0.912 bits per heavy atom. The van der Waals surface area contributed by atoms with E-state index in [1.165, 1.54) is 28.5 Å². The van der Waals surface area contributed by atoms with E-state index < -0.39 is 0 Å². The van der Waals surface area contributed by atoms with Crippen LogP contribution in [0.4, 0.5) is 5.69 Å². The van der Waals surface area contributed by atoms with Gasteiger partial charge < -0.3 is 5.32 Å². The van der Waals surface area contributed by atoms with Gasteiger partial charge in [-0.2, -0.15) is 0 Å². The van der Waals surface area contributed by atoms with Crippen molar-refractivity contribution in [3.63, 3.8) is 0 Å². The molecule has 0 aliphatic rings. The summed E-state index contributed by atoms with van der Waals surface area (Å²) in [7, 11) is 0. The van der Waals surface area contributed by atoms with E-state index >= 15 is 0 Å². The van der Waals surface area contributed by atoms with Crippen molar-refractivity contribution in [1.29, 1.82) is 0 Å². The lowest BCUT2D eigenvalue weighted by Crippen LogP contribution is -2.16. The Labute approximate surface area is 205 Å². The summed E-state index contributed by atoms with van der Waals surface area (Å²) in [5.74, 6) is 1.11. The third-order valence-corrected chi connectivity index (χ3v) is 6.86. The maximum Gasteiger partial charge on any atom is 0.234 e. The van der Waals surface area contributed by atoms with E-state index in [1.54, 1.807) is 0 Å². The van der Waals surface area contributed by atoms with Crippen LogP contribution in [0.1, 0.15) is 35.0 Å². The molecule has 1 heterocycles. The fourth-order valence-electron chi connectivity index (χ4n) is 3.85. The minimum Gasteiger partial charge on any atom is -0.325 e. The van der Waals surface area contributed by atoms with E-state index in [9.17, 15) is 4.79 Å². The molecule has 0 saturated carbocycles. The summed E-state index contributed by atoms with van der Waals surface area (Å²) in [5.41, 5.74) is 6.74. The molecule has 0 atom stereocenters. The SMILES string of the molecule is CCc1ccccc1NC(=O)CSc1nnc(CCc2ccccc2)n1-c1ccc(C)c(C)c1. The standard InChI is InChI=1S/C28H30N4OS/c1-4-23-12-8-9-13-25(23)29-27(33)19-34-28-31-30-26(17-15-22-10-6-5-7-11-22)32(28)24-16-14-20(2)21(3)18-24/h5-14,16,18H,4,15,17,19H2,1-3H3,(H,29,33). The zero-order valence-electron chi connectivity index (χ0n) is 19.9. The van der Waals surface area contributed by atoms with E-state index in [0.29, 0.717) is 0 Å². The second-order valence-corrected chi connectivity index (χ2v) is 9.28. The third kappa shape index (κ3) is 5.75. The minimum absolute atomic E-state index is 0.0497. The van der Waals surface area contributed by atoms with Gasteiger partial charge in [0, 0.05) is 17.8 Å². The second-order valence-electron chi connectivity index (χ2n) is 8.34. The molecular formula is C28H30N4OS. The summed E-state index contributed by atoms with van der Waals surface area (Å²) in [6.07, 6.45) is 2.51. The largest absolute Gasteiger partial charge is 0.325 e. The minimum atomic E-state index is -0.0497. The van der Waals surface area contributed by atoms with Gasteiger partial charge in [0.25, 0.3) is 0 Å². The first kappa shape index (κ1) is 23.8. The number of hydrogen-bond acceptors (Lipinski definition) is 4. The number of rotatable bonds is 9. The summed E-state index contributed by atoms with van der Waals surface area (Å²) < 4.78 is 2.09. The highest BCUT2D eigenvalue weighted by atomic mass is 32.2. The second kappa shape index (κ2) is 11.2. The molecule has 174 valence electrons. The molecule has 4 rings (SSSR count). The average Bonchev–Trinajstić information content (AvgIpc) is 3.27. The number of aryl methyl sites for hydroxylation is 5. The summed E-state index contributed by atoms with van der Waals surface area (Å²) in [4.78, 5) is 12.7. The number of para-hydroxylation sites is 1. The van der Waals surface area contributed by atoms with Crippen LogP contribution in [0.3, 0.4) is 0 Å². The number of hydrogen-bond donors (Lipinski definition) is 1. The van der Waals surface area contributed by atoms with Crippen molar-refractivity contribution in [3.05, 3.63) is 101 Å². The molecule has 1 aromatic heterocycles. The number of anilines is 1. The summed E-state index contributed by atoms with van der Waals surface area (Å²) >= 11 is 1.41. The fourth-order valence-corrected chi connectivity index (χ4v) is 4.62. The van der Waals surface area contributed by atoms with E-state index in [-0.39, 0.29) is 11.7 Å². The average molecular weight is 471 g/mol. The Morgan fingerprint density at radius 2 is 1.68 bits per heavy atom. The van der Waals surface area contributed by atoms with Crippen molar-refractivity contribution in [2.45, 2.75) is 45.2 Å². The van der Waals surface area contributed by atoms with E-state index in [2.05, 4.69) is 83.3 Å². The van der Waals surface area contributed by atoms with Gasteiger partial charge in [-0.3, -0.25) is 9.36 Å². The number of amides is 1. The van der Waals surface area contributed by atoms with Gasteiger partial charge in [0.2, 0.25) is 5.91 Å². The normalized spacial score (nSPS) is 10.9. The van der Waals surface area contributed by atoms with Crippen LogP contribution >= 0.6 is 11.8 Å². The lowest BCUT2D eigenvalue weighted by atomic mass is 10.1. The van der Waals surface area contributed by atoms with Crippen molar-refractivity contribution in [2.75, 3.05) is 11.1 Å². The van der Waals surface area contributed by atoms with Crippen LogP contribution in [0.5, 0.6) is 0 Å². The summed E-state index contributed by atoms with van der Waals surface area (Å²) in [6.45, 7) is 6.30. The highest BCUT2D eigenvalue weighted by Crippen LogP contribution is 2.25. The molecule has 3 aromatic carbocycles. The molecule has 0 radical (unpaired) electrons. The number of benzene rings is 3. The lowest BCUT2D eigenvalue weighted by molar-refractivity contribution is -0.113. The van der Waals surface area contributed by atoms with Gasteiger partial charge in [0.05, 0.1) is 5.75 Å². The fraction of sp³-hybridized carbons (Fsp3) is 0.250. The molecule has 0 unspecified atom stereocenters. The van der Waals surface area contributed by atoms with Crippen LogP contribution < -0.4 is 5.32 Å². The molecule has 34 heavy (non-hydrogen) atoms. The van der Waals surface area contributed by atoms with Gasteiger partial charge in [0.15, 0.2) is 5.16 Å². The molecule has 0 fully saturated rings. The number of carbonyl (C=O) groups is 1. The molecule has 1 N–H and O–H groups in total. The quantitative estimate of drug-likeness (QED) is 0.307. The Morgan fingerprint density at radius 3 is 2.44 bits per heavy atom. The number of thioether (sulfide) groups is 1. The maximum atomic E-state index is 12.7. The van der Waals surface area contributed by atoms with Crippen molar-refractivity contribution >= 4 is 23.4 Å². The number of aromatic nitrogens is 3. The van der Waals surface area contributed by atoms with Crippen LogP contribution in [-0.4, -0.2) is 26.4 Å².